The van der Waals surface area contributed by atoms with Crippen molar-refractivity contribution in [2.45, 2.75) is 50.7 Å². The van der Waals surface area contributed by atoms with Gasteiger partial charge in [-0.1, -0.05) is 0 Å². The number of hydrogen-bond donors (Lipinski definition) is 2. The first-order valence-corrected chi connectivity index (χ1v) is 13.6. The molecule has 2 N–H and O–H groups in total. The molecule has 3 aromatic rings. The van der Waals surface area contributed by atoms with Gasteiger partial charge in [-0.15, -0.1) is 0 Å². The number of anilines is 2. The van der Waals surface area contributed by atoms with E-state index in [2.05, 4.69) is 49.3 Å². The first-order valence-electron chi connectivity index (χ1n) is 13.6. The molecule has 194 valence electrons. The highest BCUT2D eigenvalue weighted by Crippen LogP contribution is 2.35. The van der Waals surface area contributed by atoms with Crippen LogP contribution in [0.15, 0.2) is 24.5 Å². The normalized spacial score (nSPS) is 25.9. The van der Waals surface area contributed by atoms with E-state index in [0.29, 0.717) is 6.04 Å². The summed E-state index contributed by atoms with van der Waals surface area (Å²) in [5.41, 5.74) is 3.35. The quantitative estimate of drug-likeness (QED) is 0.560. The zero-order valence-electron chi connectivity index (χ0n) is 21.3. The molecule has 37 heavy (non-hydrogen) atoms. The molecule has 2 amide bonds. The molecule has 3 atom stereocenters. The van der Waals surface area contributed by atoms with Gasteiger partial charge in [0.15, 0.2) is 0 Å². The maximum atomic E-state index is 13.0. The third kappa shape index (κ3) is 4.05. The molecule has 0 radical (unpaired) electrons. The lowest BCUT2D eigenvalue weighted by atomic mass is 10.1. The topological polar surface area (TPSA) is 109 Å². The fourth-order valence-electron chi connectivity index (χ4n) is 6.48. The van der Waals surface area contributed by atoms with Crippen LogP contribution in [0.25, 0.3) is 22.3 Å². The Balaban J connectivity index is 1.12. The Labute approximate surface area is 216 Å². The maximum Gasteiger partial charge on any atom is 0.320 e. The van der Waals surface area contributed by atoms with Crippen molar-refractivity contribution in [3.63, 3.8) is 0 Å². The molecular formula is C26H34N10O. The lowest BCUT2D eigenvalue weighted by molar-refractivity contribution is 0.150. The van der Waals surface area contributed by atoms with Gasteiger partial charge in [0.2, 0.25) is 5.95 Å². The lowest BCUT2D eigenvalue weighted by Crippen LogP contribution is -2.58. The third-order valence-corrected chi connectivity index (χ3v) is 8.36. The summed E-state index contributed by atoms with van der Waals surface area (Å²) >= 11 is 0. The number of urea groups is 1. The standard InChI is InChI=1S/C26H34N10O/c1-17-14-34(11-8-27-17)22-7-4-18(12-28-22)23-24-21(31-32-23)13-29-25(30-24)36-19-5-6-20(36)16-35(15-19)26(37)33-9-2-3-10-33/h4,7,12-13,17,19-20,27H,2-3,5-6,8-11,14-16H2,1H3,(H,31,32). The molecule has 4 aliphatic rings. The fraction of sp³-hybridized carbons (Fsp3) is 0.577. The monoisotopic (exact) mass is 502 g/mol. The highest BCUT2D eigenvalue weighted by molar-refractivity contribution is 5.89. The summed E-state index contributed by atoms with van der Waals surface area (Å²) in [7, 11) is 0. The number of hydrogen-bond acceptors (Lipinski definition) is 8. The molecule has 11 nitrogen and oxygen atoms in total. The van der Waals surface area contributed by atoms with Gasteiger partial charge in [0.25, 0.3) is 0 Å². The Kier molecular flexibility index (Phi) is 5.60. The van der Waals surface area contributed by atoms with Crippen molar-refractivity contribution in [1.29, 1.82) is 0 Å². The average molecular weight is 503 g/mol. The van der Waals surface area contributed by atoms with Crippen molar-refractivity contribution in [1.82, 2.24) is 40.3 Å². The summed E-state index contributed by atoms with van der Waals surface area (Å²) in [4.78, 5) is 36.2. The van der Waals surface area contributed by atoms with E-state index < -0.39 is 0 Å². The number of aromatic amines is 1. The summed E-state index contributed by atoms with van der Waals surface area (Å²) in [6.45, 7) is 8.33. The second kappa shape index (κ2) is 9.13. The van der Waals surface area contributed by atoms with Gasteiger partial charge in [-0.2, -0.15) is 5.10 Å². The first-order chi connectivity index (χ1) is 18.1. The first kappa shape index (κ1) is 22.7. The predicted octanol–water partition coefficient (Wildman–Crippen LogP) is 2.08. The van der Waals surface area contributed by atoms with E-state index in [0.717, 1.165) is 106 Å². The van der Waals surface area contributed by atoms with Crippen LogP contribution in [-0.4, -0.2) is 105 Å². The van der Waals surface area contributed by atoms with E-state index in [1.807, 2.05) is 17.3 Å². The molecule has 0 aromatic carbocycles. The molecule has 0 saturated carbocycles. The lowest BCUT2D eigenvalue weighted by Gasteiger charge is -2.42. The highest BCUT2D eigenvalue weighted by atomic mass is 16.2. The van der Waals surface area contributed by atoms with E-state index in [1.54, 1.807) is 0 Å². The Morgan fingerprint density at radius 1 is 0.973 bits per heavy atom. The summed E-state index contributed by atoms with van der Waals surface area (Å²) in [6, 6.07) is 5.32. The van der Waals surface area contributed by atoms with Crippen molar-refractivity contribution >= 4 is 28.8 Å². The number of H-pyrrole nitrogens is 1. The van der Waals surface area contributed by atoms with Crippen molar-refractivity contribution < 1.29 is 4.79 Å². The van der Waals surface area contributed by atoms with Gasteiger partial charge >= 0.3 is 6.03 Å². The molecule has 0 aliphatic carbocycles. The Bertz CT molecular complexity index is 1270. The second-order valence-electron chi connectivity index (χ2n) is 10.9. The average Bonchev–Trinajstić information content (AvgIpc) is 3.66. The second-order valence-corrected chi connectivity index (χ2v) is 10.9. The van der Waals surface area contributed by atoms with Crippen LogP contribution in [-0.2, 0) is 0 Å². The SMILES string of the molecule is CC1CN(c2ccc(-c3n[nH]c4cnc(N5C6CCC5CN(C(=O)N5CCCC5)C6)nc34)cn2)CCN1. The number of nitrogens with zero attached hydrogens (tertiary/aromatic N) is 8. The minimum atomic E-state index is 0.203. The van der Waals surface area contributed by atoms with Crippen LogP contribution < -0.4 is 15.1 Å². The highest BCUT2D eigenvalue weighted by Gasteiger charge is 2.43. The number of pyridine rings is 1. The zero-order chi connectivity index (χ0) is 24.9. The Hall–Kier alpha value is -3.47. The Morgan fingerprint density at radius 3 is 2.51 bits per heavy atom. The number of nitrogens with one attached hydrogen (secondary N) is 2. The van der Waals surface area contributed by atoms with E-state index in [1.165, 1.54) is 0 Å². The van der Waals surface area contributed by atoms with Crippen molar-refractivity contribution in [2.75, 3.05) is 55.6 Å². The van der Waals surface area contributed by atoms with Gasteiger partial charge in [-0.05, 0) is 44.7 Å². The smallest absolute Gasteiger partial charge is 0.320 e. The summed E-state index contributed by atoms with van der Waals surface area (Å²) in [5.74, 6) is 1.72. The molecule has 4 saturated heterocycles. The minimum Gasteiger partial charge on any atom is -0.354 e. The van der Waals surface area contributed by atoms with E-state index in [-0.39, 0.29) is 18.1 Å². The number of likely N-dealkylation sites (tertiary alicyclic amines) is 2. The van der Waals surface area contributed by atoms with E-state index >= 15 is 0 Å². The van der Waals surface area contributed by atoms with Crippen LogP contribution in [0.2, 0.25) is 0 Å². The summed E-state index contributed by atoms with van der Waals surface area (Å²) < 4.78 is 0. The molecule has 2 bridgehead atoms. The minimum absolute atomic E-state index is 0.203. The number of rotatable bonds is 3. The van der Waals surface area contributed by atoms with Gasteiger partial charge in [0, 0.05) is 63.6 Å². The summed E-state index contributed by atoms with van der Waals surface area (Å²) in [5, 5.41) is 11.1. The van der Waals surface area contributed by atoms with E-state index in [9.17, 15) is 4.79 Å². The van der Waals surface area contributed by atoms with Crippen molar-refractivity contribution in [3.8, 4) is 11.3 Å². The van der Waals surface area contributed by atoms with Crippen LogP contribution in [0.3, 0.4) is 0 Å². The number of amides is 2. The summed E-state index contributed by atoms with van der Waals surface area (Å²) in [6.07, 6.45) is 8.08. The van der Waals surface area contributed by atoms with Gasteiger partial charge in [0.05, 0.1) is 18.3 Å². The van der Waals surface area contributed by atoms with Crippen molar-refractivity contribution in [2.24, 2.45) is 0 Å². The fourth-order valence-corrected chi connectivity index (χ4v) is 6.48. The van der Waals surface area contributed by atoms with Crippen LogP contribution in [0.5, 0.6) is 0 Å². The molecule has 4 fully saturated rings. The molecule has 11 heteroatoms. The van der Waals surface area contributed by atoms with Gasteiger partial charge < -0.3 is 24.9 Å². The number of carbonyl (C=O) groups excluding carboxylic acids is 1. The predicted molar refractivity (Wildman–Crippen MR) is 142 cm³/mol. The molecule has 3 unspecified atom stereocenters. The van der Waals surface area contributed by atoms with Crippen LogP contribution in [0.1, 0.15) is 32.6 Å². The zero-order valence-corrected chi connectivity index (χ0v) is 21.3. The molecule has 0 spiro atoms. The largest absolute Gasteiger partial charge is 0.354 e. The number of fused-ring (bicyclic) bond motifs is 3. The van der Waals surface area contributed by atoms with Gasteiger partial charge in [0.1, 0.15) is 22.5 Å². The molecule has 7 rings (SSSR count). The van der Waals surface area contributed by atoms with Gasteiger partial charge in [-0.25, -0.2) is 19.7 Å². The van der Waals surface area contributed by atoms with Gasteiger partial charge in [-0.3, -0.25) is 5.10 Å². The molecular weight excluding hydrogens is 468 g/mol. The van der Waals surface area contributed by atoms with Crippen molar-refractivity contribution in [3.05, 3.63) is 24.5 Å². The number of aromatic nitrogens is 5. The maximum absolute atomic E-state index is 13.0. The number of carbonyl (C=O) groups is 1. The van der Waals surface area contributed by atoms with E-state index in [4.69, 9.17) is 15.0 Å². The number of piperazine rings is 2. The Morgan fingerprint density at radius 2 is 1.78 bits per heavy atom. The van der Waals surface area contributed by atoms with Crippen LogP contribution in [0, 0.1) is 0 Å². The molecule has 7 heterocycles. The van der Waals surface area contributed by atoms with Crippen LogP contribution >= 0.6 is 0 Å². The molecule has 3 aromatic heterocycles. The third-order valence-electron chi connectivity index (χ3n) is 8.36. The van der Waals surface area contributed by atoms with Crippen LogP contribution in [0.4, 0.5) is 16.6 Å². The molecule has 4 aliphatic heterocycles.